The van der Waals surface area contributed by atoms with E-state index in [0.29, 0.717) is 5.56 Å². The third-order valence-corrected chi connectivity index (χ3v) is 5.55. The quantitative estimate of drug-likeness (QED) is 0.521. The maximum atomic E-state index is 12.5. The van der Waals surface area contributed by atoms with Crippen molar-refractivity contribution in [3.63, 3.8) is 0 Å². The fraction of sp³-hybridized carbons (Fsp3) is 0.435. The summed E-state index contributed by atoms with van der Waals surface area (Å²) in [5.41, 5.74) is 2.67. The predicted molar refractivity (Wildman–Crippen MR) is 127 cm³/mol. The van der Waals surface area contributed by atoms with Crippen molar-refractivity contribution >= 4 is 34.7 Å². The molecule has 160 valence electrons. The van der Waals surface area contributed by atoms with Gasteiger partial charge in [-0.15, -0.1) is 0 Å². The normalized spacial score (nSPS) is 14.4. The Morgan fingerprint density at radius 3 is 2.43 bits per heavy atom. The number of carbonyl (C=O) groups is 1. The summed E-state index contributed by atoms with van der Waals surface area (Å²) in [6, 6.07) is 11.9. The number of anilines is 2. The Kier molecular flexibility index (Phi) is 8.16. The molecule has 0 saturated carbocycles. The molecule has 0 spiro atoms. The number of thiocarbonyl (C=S) groups is 1. The highest BCUT2D eigenvalue weighted by atomic mass is 32.1. The van der Waals surface area contributed by atoms with E-state index >= 15 is 0 Å². The molecule has 0 bridgehead atoms. The van der Waals surface area contributed by atoms with E-state index in [1.165, 1.54) is 24.8 Å². The number of aromatic nitrogens is 1. The number of piperazine rings is 1. The molecular weight excluding hydrogens is 394 g/mol. The van der Waals surface area contributed by atoms with Crippen LogP contribution in [0, 0.1) is 0 Å². The molecule has 0 unspecified atom stereocenters. The monoisotopic (exact) mass is 425 g/mol. The van der Waals surface area contributed by atoms with Gasteiger partial charge in [0.25, 0.3) is 5.91 Å². The number of benzene rings is 1. The lowest BCUT2D eigenvalue weighted by atomic mass is 10.1. The number of likely N-dealkylation sites (N-methyl/N-ethyl adjacent to an activating group) is 1. The standard InChI is InChI=1S/C23H31N5OS/c1-3-4-5-6-18-7-10-20(11-8-18)25-23(30)26-22(29)19-9-12-21(24-17-19)28-15-13-27(2)14-16-28/h7-12,17H,3-6,13-16H2,1-2H3,(H2,25,26,29,30). The Labute approximate surface area is 184 Å². The summed E-state index contributed by atoms with van der Waals surface area (Å²) in [4.78, 5) is 21.5. The lowest BCUT2D eigenvalue weighted by molar-refractivity contribution is 0.0977. The number of pyridine rings is 1. The number of hydrogen-bond donors (Lipinski definition) is 2. The first-order valence-electron chi connectivity index (χ1n) is 10.7. The molecule has 1 aromatic heterocycles. The number of aryl methyl sites for hydroxylation is 1. The molecule has 1 aliphatic heterocycles. The Hall–Kier alpha value is -2.51. The van der Waals surface area contributed by atoms with Crippen LogP contribution >= 0.6 is 12.2 Å². The Bertz CT molecular complexity index is 830. The number of nitrogens with zero attached hydrogens (tertiary/aromatic N) is 3. The van der Waals surface area contributed by atoms with E-state index in [4.69, 9.17) is 12.2 Å². The van der Waals surface area contributed by atoms with Crippen molar-refractivity contribution in [3.8, 4) is 0 Å². The van der Waals surface area contributed by atoms with Crippen LogP contribution in [0.15, 0.2) is 42.6 Å². The first kappa shape index (κ1) is 22.2. The van der Waals surface area contributed by atoms with Crippen LogP contribution in [0.4, 0.5) is 11.5 Å². The Morgan fingerprint density at radius 2 is 1.80 bits per heavy atom. The van der Waals surface area contributed by atoms with Gasteiger partial charge in [0.1, 0.15) is 5.82 Å². The minimum Gasteiger partial charge on any atom is -0.354 e. The van der Waals surface area contributed by atoms with Crippen molar-refractivity contribution in [2.24, 2.45) is 0 Å². The second kappa shape index (κ2) is 11.0. The predicted octanol–water partition coefficient (Wildman–Crippen LogP) is 3.69. The molecule has 1 saturated heterocycles. The molecule has 2 N–H and O–H groups in total. The molecule has 2 heterocycles. The molecule has 1 amide bonds. The van der Waals surface area contributed by atoms with Gasteiger partial charge in [0, 0.05) is 38.1 Å². The average Bonchev–Trinajstić information content (AvgIpc) is 2.76. The summed E-state index contributed by atoms with van der Waals surface area (Å²) in [7, 11) is 2.12. The van der Waals surface area contributed by atoms with Gasteiger partial charge in [-0.2, -0.15) is 0 Å². The Morgan fingerprint density at radius 1 is 1.07 bits per heavy atom. The van der Waals surface area contributed by atoms with E-state index in [1.54, 1.807) is 12.3 Å². The first-order valence-corrected chi connectivity index (χ1v) is 11.1. The van der Waals surface area contributed by atoms with E-state index in [1.807, 2.05) is 18.2 Å². The summed E-state index contributed by atoms with van der Waals surface area (Å²) in [5.74, 6) is 0.639. The zero-order chi connectivity index (χ0) is 21.3. The summed E-state index contributed by atoms with van der Waals surface area (Å²) in [6.07, 6.45) is 6.38. The van der Waals surface area contributed by atoms with E-state index < -0.39 is 0 Å². The fourth-order valence-electron chi connectivity index (χ4n) is 3.41. The van der Waals surface area contributed by atoms with Crippen LogP contribution in [0.3, 0.4) is 0 Å². The second-order valence-electron chi connectivity index (χ2n) is 7.76. The van der Waals surface area contributed by atoms with Gasteiger partial charge >= 0.3 is 0 Å². The largest absolute Gasteiger partial charge is 0.354 e. The van der Waals surface area contributed by atoms with Crippen LogP contribution in [0.1, 0.15) is 42.1 Å². The van der Waals surface area contributed by atoms with Gasteiger partial charge < -0.3 is 15.1 Å². The molecule has 0 atom stereocenters. The maximum absolute atomic E-state index is 12.5. The fourth-order valence-corrected chi connectivity index (χ4v) is 3.63. The molecule has 30 heavy (non-hydrogen) atoms. The van der Waals surface area contributed by atoms with Crippen LogP contribution in [0.2, 0.25) is 0 Å². The first-order chi connectivity index (χ1) is 14.5. The van der Waals surface area contributed by atoms with E-state index in [9.17, 15) is 4.79 Å². The number of nitrogens with one attached hydrogen (secondary N) is 2. The molecule has 2 aromatic rings. The van der Waals surface area contributed by atoms with Crippen LogP contribution < -0.4 is 15.5 Å². The van der Waals surface area contributed by atoms with E-state index in [0.717, 1.165) is 44.1 Å². The van der Waals surface area contributed by atoms with Crippen molar-refractivity contribution in [2.75, 3.05) is 43.4 Å². The molecule has 0 aliphatic carbocycles. The zero-order valence-corrected chi connectivity index (χ0v) is 18.7. The summed E-state index contributed by atoms with van der Waals surface area (Å²) >= 11 is 5.29. The molecule has 1 fully saturated rings. The summed E-state index contributed by atoms with van der Waals surface area (Å²) in [6.45, 7) is 6.13. The zero-order valence-electron chi connectivity index (χ0n) is 17.9. The highest BCUT2D eigenvalue weighted by molar-refractivity contribution is 7.80. The number of unbranched alkanes of at least 4 members (excludes halogenated alkanes) is 2. The van der Waals surface area contributed by atoms with Crippen LogP contribution in [-0.4, -0.2) is 54.1 Å². The average molecular weight is 426 g/mol. The van der Waals surface area contributed by atoms with Gasteiger partial charge in [-0.05, 0) is 61.9 Å². The lowest BCUT2D eigenvalue weighted by Gasteiger charge is -2.33. The minimum absolute atomic E-state index is 0.263. The second-order valence-corrected chi connectivity index (χ2v) is 8.17. The molecule has 1 aliphatic rings. The maximum Gasteiger partial charge on any atom is 0.258 e. The smallest absolute Gasteiger partial charge is 0.258 e. The number of carbonyl (C=O) groups excluding carboxylic acids is 1. The SMILES string of the molecule is CCCCCc1ccc(NC(=S)NC(=O)c2ccc(N3CCN(C)CC3)nc2)cc1. The number of rotatable bonds is 7. The third kappa shape index (κ3) is 6.50. The summed E-state index contributed by atoms with van der Waals surface area (Å²) in [5, 5.41) is 6.08. The van der Waals surface area contributed by atoms with Crippen LogP contribution in [0.25, 0.3) is 0 Å². The van der Waals surface area contributed by atoms with Gasteiger partial charge in [0.2, 0.25) is 0 Å². The third-order valence-electron chi connectivity index (χ3n) is 5.35. The van der Waals surface area contributed by atoms with Crippen molar-refractivity contribution in [2.45, 2.75) is 32.6 Å². The topological polar surface area (TPSA) is 60.5 Å². The van der Waals surface area contributed by atoms with Crippen molar-refractivity contribution < 1.29 is 4.79 Å². The van der Waals surface area contributed by atoms with E-state index in [2.05, 4.69) is 51.5 Å². The van der Waals surface area contributed by atoms with Crippen LogP contribution in [0.5, 0.6) is 0 Å². The highest BCUT2D eigenvalue weighted by Crippen LogP contribution is 2.14. The van der Waals surface area contributed by atoms with Crippen LogP contribution in [-0.2, 0) is 6.42 Å². The van der Waals surface area contributed by atoms with Gasteiger partial charge in [0.15, 0.2) is 5.11 Å². The van der Waals surface area contributed by atoms with Crippen molar-refractivity contribution in [1.29, 1.82) is 0 Å². The molecule has 0 radical (unpaired) electrons. The van der Waals surface area contributed by atoms with Gasteiger partial charge in [0.05, 0.1) is 5.56 Å². The lowest BCUT2D eigenvalue weighted by Crippen LogP contribution is -2.44. The number of amides is 1. The number of hydrogen-bond acceptors (Lipinski definition) is 5. The summed E-state index contributed by atoms with van der Waals surface area (Å²) < 4.78 is 0. The molecular formula is C23H31N5OS. The minimum atomic E-state index is -0.263. The van der Waals surface area contributed by atoms with Crippen molar-refractivity contribution in [1.82, 2.24) is 15.2 Å². The molecule has 1 aromatic carbocycles. The van der Waals surface area contributed by atoms with Gasteiger partial charge in [-0.3, -0.25) is 10.1 Å². The molecule has 7 heteroatoms. The highest BCUT2D eigenvalue weighted by Gasteiger charge is 2.16. The van der Waals surface area contributed by atoms with E-state index in [-0.39, 0.29) is 11.0 Å². The van der Waals surface area contributed by atoms with Gasteiger partial charge in [-0.1, -0.05) is 31.9 Å². The van der Waals surface area contributed by atoms with Crippen molar-refractivity contribution in [3.05, 3.63) is 53.7 Å². The molecule has 3 rings (SSSR count). The van der Waals surface area contributed by atoms with Gasteiger partial charge in [-0.25, -0.2) is 4.98 Å². The Balaban J connectivity index is 1.48. The molecule has 6 nitrogen and oxygen atoms in total.